The third kappa shape index (κ3) is 4.53. The largest absolute Gasteiger partial charge is 0.458 e. The van der Waals surface area contributed by atoms with Gasteiger partial charge in [-0.1, -0.05) is 13.8 Å². The van der Waals surface area contributed by atoms with Crippen molar-refractivity contribution in [1.82, 2.24) is 15.1 Å². The number of nitrogens with zero attached hydrogens (tertiary/aromatic N) is 2. The second kappa shape index (κ2) is 10.3. The van der Waals surface area contributed by atoms with Gasteiger partial charge in [0.25, 0.3) is 0 Å². The monoisotopic (exact) mass is 543 g/mol. The molecule has 4 aliphatic carbocycles. The molecule has 8 heteroatoms. The number of morpholine rings is 1. The molecule has 0 aromatic heterocycles. The molecule has 0 bridgehead atoms. The van der Waals surface area contributed by atoms with Gasteiger partial charge < -0.3 is 24.8 Å². The van der Waals surface area contributed by atoms with Crippen LogP contribution in [0.15, 0.2) is 11.6 Å². The van der Waals surface area contributed by atoms with Gasteiger partial charge in [0.1, 0.15) is 6.61 Å². The van der Waals surface area contributed by atoms with E-state index >= 15 is 0 Å². The standard InChI is InChI=1S/C31H49N3O5/c1-29-9-6-23(33(3)28(36)32-12-13-34-14-16-38-17-15-34)19-22(29)4-5-26-25(29)7-10-30(2)24(8-11-31(26,30)37)21-18-27(35)39-20-21/h18,22-26,37H,4-17,19-20H2,1-3H3,(H,32,36)/t22-,23+,24-,25+,26-,29+,30-,31+/m1/s1. The Balaban J connectivity index is 1.08. The molecule has 5 fully saturated rings. The summed E-state index contributed by atoms with van der Waals surface area (Å²) in [5.74, 6) is 1.45. The number of rotatable bonds is 5. The molecule has 218 valence electrons. The van der Waals surface area contributed by atoms with Crippen LogP contribution in [0.1, 0.15) is 71.6 Å². The van der Waals surface area contributed by atoms with Crippen LogP contribution < -0.4 is 5.32 Å². The van der Waals surface area contributed by atoms with E-state index in [1.54, 1.807) is 6.08 Å². The number of carbonyl (C=O) groups excluding carboxylic acids is 2. The fraction of sp³-hybridized carbons (Fsp3) is 0.871. The molecule has 0 radical (unpaired) electrons. The molecule has 6 rings (SSSR count). The molecular formula is C31H49N3O5. The average molecular weight is 544 g/mol. The van der Waals surface area contributed by atoms with Crippen molar-refractivity contribution >= 4 is 12.0 Å². The Bertz CT molecular complexity index is 997. The summed E-state index contributed by atoms with van der Waals surface area (Å²) in [6.07, 6.45) is 11.1. The summed E-state index contributed by atoms with van der Waals surface area (Å²) in [5.41, 5.74) is 0.459. The molecule has 0 aromatic rings. The lowest BCUT2D eigenvalue weighted by Crippen LogP contribution is -2.63. The van der Waals surface area contributed by atoms with Crippen LogP contribution in [0.5, 0.6) is 0 Å². The van der Waals surface area contributed by atoms with Gasteiger partial charge in [-0.2, -0.15) is 0 Å². The first-order valence-electron chi connectivity index (χ1n) is 15.6. The van der Waals surface area contributed by atoms with E-state index in [0.717, 1.165) is 96.2 Å². The van der Waals surface area contributed by atoms with Gasteiger partial charge in [-0.05, 0) is 92.4 Å². The zero-order valence-electron chi connectivity index (χ0n) is 24.3. The van der Waals surface area contributed by atoms with Crippen molar-refractivity contribution < 1.29 is 24.2 Å². The quantitative estimate of drug-likeness (QED) is 0.515. The molecule has 2 aliphatic heterocycles. The number of fused-ring (bicyclic) bond motifs is 5. The molecule has 2 N–H and O–H groups in total. The van der Waals surface area contributed by atoms with E-state index in [1.165, 1.54) is 0 Å². The van der Waals surface area contributed by atoms with E-state index in [-0.39, 0.29) is 34.8 Å². The van der Waals surface area contributed by atoms with Gasteiger partial charge in [0.05, 0.1) is 18.8 Å². The molecular weight excluding hydrogens is 494 g/mol. The van der Waals surface area contributed by atoms with Crippen LogP contribution in [0.4, 0.5) is 4.79 Å². The van der Waals surface area contributed by atoms with Gasteiger partial charge in [-0.25, -0.2) is 9.59 Å². The van der Waals surface area contributed by atoms with Crippen molar-refractivity contribution in [1.29, 1.82) is 0 Å². The lowest BCUT2D eigenvalue weighted by molar-refractivity contribution is -0.206. The van der Waals surface area contributed by atoms with Crippen molar-refractivity contribution in [3.05, 3.63) is 11.6 Å². The van der Waals surface area contributed by atoms with E-state index in [4.69, 9.17) is 9.47 Å². The van der Waals surface area contributed by atoms with Crippen LogP contribution in [-0.2, 0) is 14.3 Å². The van der Waals surface area contributed by atoms with Gasteiger partial charge >= 0.3 is 12.0 Å². The minimum absolute atomic E-state index is 0.0500. The topological polar surface area (TPSA) is 91.3 Å². The molecule has 2 heterocycles. The van der Waals surface area contributed by atoms with E-state index in [9.17, 15) is 14.7 Å². The first-order chi connectivity index (χ1) is 18.7. The molecule has 4 saturated carbocycles. The van der Waals surface area contributed by atoms with Crippen LogP contribution in [0, 0.1) is 34.5 Å². The molecule has 0 spiro atoms. The zero-order chi connectivity index (χ0) is 27.4. The Morgan fingerprint density at radius 2 is 1.90 bits per heavy atom. The highest BCUT2D eigenvalue weighted by atomic mass is 16.5. The smallest absolute Gasteiger partial charge is 0.331 e. The number of nitrogens with one attached hydrogen (secondary N) is 1. The second-order valence-corrected chi connectivity index (χ2v) is 14.0. The average Bonchev–Trinajstić information content (AvgIpc) is 3.48. The SMILES string of the molecule is CN(C(=O)NCCN1CCOCC1)[C@H]1CC[C@@]2(C)[C@H](CC[C@@H]3[C@@H]2CC[C@]2(C)[C@@H](C4=CC(=O)OC4)CC[C@]32O)C1. The summed E-state index contributed by atoms with van der Waals surface area (Å²) in [4.78, 5) is 29.2. The highest BCUT2D eigenvalue weighted by Crippen LogP contribution is 2.70. The minimum atomic E-state index is -0.672. The van der Waals surface area contributed by atoms with Crippen molar-refractivity contribution in [3.63, 3.8) is 0 Å². The first-order valence-corrected chi connectivity index (χ1v) is 15.6. The highest BCUT2D eigenvalue weighted by Gasteiger charge is 2.67. The highest BCUT2D eigenvalue weighted by molar-refractivity contribution is 5.85. The van der Waals surface area contributed by atoms with Crippen molar-refractivity contribution in [2.24, 2.45) is 34.5 Å². The zero-order valence-corrected chi connectivity index (χ0v) is 24.3. The van der Waals surface area contributed by atoms with Crippen LogP contribution in [0.3, 0.4) is 0 Å². The number of amides is 2. The van der Waals surface area contributed by atoms with Crippen LogP contribution in [0.2, 0.25) is 0 Å². The molecule has 2 amide bonds. The van der Waals surface area contributed by atoms with Crippen LogP contribution >= 0.6 is 0 Å². The summed E-state index contributed by atoms with van der Waals surface area (Å²) < 4.78 is 10.7. The maximum atomic E-state index is 13.0. The van der Waals surface area contributed by atoms with Gasteiger partial charge in [-0.3, -0.25) is 4.90 Å². The van der Waals surface area contributed by atoms with Crippen LogP contribution in [-0.4, -0.2) is 91.6 Å². The van der Waals surface area contributed by atoms with Gasteiger partial charge in [0.15, 0.2) is 0 Å². The van der Waals surface area contributed by atoms with E-state index in [1.807, 2.05) is 11.9 Å². The predicted molar refractivity (Wildman–Crippen MR) is 148 cm³/mol. The molecule has 0 unspecified atom stereocenters. The van der Waals surface area contributed by atoms with Crippen LogP contribution in [0.25, 0.3) is 0 Å². The molecule has 0 aromatic carbocycles. The van der Waals surface area contributed by atoms with E-state index in [2.05, 4.69) is 24.1 Å². The number of ether oxygens (including phenoxy) is 2. The number of hydrogen-bond donors (Lipinski definition) is 2. The molecule has 8 nitrogen and oxygen atoms in total. The Morgan fingerprint density at radius 3 is 2.64 bits per heavy atom. The molecule has 8 atom stereocenters. The van der Waals surface area contributed by atoms with E-state index < -0.39 is 5.60 Å². The fourth-order valence-electron chi connectivity index (χ4n) is 10.2. The minimum Gasteiger partial charge on any atom is -0.458 e. The van der Waals surface area contributed by atoms with Crippen molar-refractivity contribution in [3.8, 4) is 0 Å². The number of cyclic esters (lactones) is 1. The number of carbonyl (C=O) groups is 2. The maximum absolute atomic E-state index is 13.0. The summed E-state index contributed by atoms with van der Waals surface area (Å²) in [6, 6.07) is 0.330. The van der Waals surface area contributed by atoms with Gasteiger partial charge in [0, 0.05) is 50.8 Å². The Labute approximate surface area is 233 Å². The van der Waals surface area contributed by atoms with Gasteiger partial charge in [0.2, 0.25) is 0 Å². The Morgan fingerprint density at radius 1 is 1.10 bits per heavy atom. The predicted octanol–water partition coefficient (Wildman–Crippen LogP) is 3.59. The van der Waals surface area contributed by atoms with Crippen molar-refractivity contribution in [2.45, 2.75) is 83.3 Å². The maximum Gasteiger partial charge on any atom is 0.331 e. The van der Waals surface area contributed by atoms with Gasteiger partial charge in [-0.15, -0.1) is 0 Å². The second-order valence-electron chi connectivity index (χ2n) is 14.0. The lowest BCUT2D eigenvalue weighted by atomic mass is 9.43. The first kappa shape index (κ1) is 27.5. The molecule has 1 saturated heterocycles. The number of esters is 1. The number of hydrogen-bond acceptors (Lipinski definition) is 6. The number of aliphatic hydroxyl groups is 1. The summed E-state index contributed by atoms with van der Waals surface area (Å²) in [6.45, 7) is 10.2. The lowest BCUT2D eigenvalue weighted by Gasteiger charge is -2.64. The summed E-state index contributed by atoms with van der Waals surface area (Å²) >= 11 is 0. The van der Waals surface area contributed by atoms with Crippen molar-refractivity contribution in [2.75, 3.05) is 53.0 Å². The summed E-state index contributed by atoms with van der Waals surface area (Å²) in [7, 11) is 1.97. The molecule has 6 aliphatic rings. The number of urea groups is 1. The fourth-order valence-corrected chi connectivity index (χ4v) is 10.2. The third-order valence-corrected chi connectivity index (χ3v) is 12.6. The Hall–Kier alpha value is -1.64. The Kier molecular flexibility index (Phi) is 7.29. The normalized spacial score (nSPS) is 44.1. The third-order valence-electron chi connectivity index (χ3n) is 12.6. The molecule has 39 heavy (non-hydrogen) atoms. The van der Waals surface area contributed by atoms with E-state index in [0.29, 0.717) is 30.9 Å². The summed E-state index contributed by atoms with van der Waals surface area (Å²) in [5, 5.41) is 15.6.